The molecule has 0 fully saturated rings. The normalized spacial score (nSPS) is 15.1. The second kappa shape index (κ2) is 1.05. The Morgan fingerprint density at radius 2 is 0.643 bits per heavy atom. The van der Waals surface area contributed by atoms with E-state index in [0.29, 0.717) is 0 Å². The maximum atomic E-state index is 5.37. The van der Waals surface area contributed by atoms with Gasteiger partial charge in [0.2, 0.25) is 22.3 Å². The van der Waals surface area contributed by atoms with Gasteiger partial charge in [-0.25, -0.2) is 0 Å². The summed E-state index contributed by atoms with van der Waals surface area (Å²) in [6, 6.07) is 0. The molecule has 0 spiro atoms. The molecule has 0 saturated heterocycles. The fourth-order valence-corrected chi connectivity index (χ4v) is 2.22. The van der Waals surface area contributed by atoms with Gasteiger partial charge in [-0.1, -0.05) is 0 Å². The van der Waals surface area contributed by atoms with E-state index in [1.54, 1.807) is 0 Å². The highest BCUT2D eigenvalue weighted by Gasteiger charge is 2.37. The molecule has 2 aromatic carbocycles. The maximum Gasteiger partial charge on any atom is 0.217 e. The van der Waals surface area contributed by atoms with Crippen LogP contribution in [0.1, 0.15) is 0 Å². The summed E-state index contributed by atoms with van der Waals surface area (Å²) >= 11 is 0. The molecule has 64 valence electrons. The highest BCUT2D eigenvalue weighted by Crippen LogP contribution is 2.55. The Labute approximate surface area is 73.9 Å². The lowest BCUT2D eigenvalue weighted by atomic mass is 10.1. The summed E-state index contributed by atoms with van der Waals surface area (Å²) in [5.41, 5.74) is 7.14. The maximum absolute atomic E-state index is 5.37. The van der Waals surface area contributed by atoms with E-state index < -0.39 is 0 Å². The van der Waals surface area contributed by atoms with Gasteiger partial charge in [0.25, 0.3) is 0 Å². The predicted octanol–water partition coefficient (Wildman–Crippen LogP) is 3.58. The molecule has 0 amide bonds. The van der Waals surface area contributed by atoms with Crippen LogP contribution >= 0.6 is 0 Å². The Hall–Kier alpha value is -2.10. The van der Waals surface area contributed by atoms with E-state index in [4.69, 9.17) is 17.7 Å². The molecule has 0 saturated carbocycles. The molecule has 0 N–H and O–H groups in total. The summed E-state index contributed by atoms with van der Waals surface area (Å²) in [6.07, 6.45) is 0. The number of rotatable bonds is 0. The molecule has 0 radical (unpaired) electrons. The molecular formula is C10O4. The van der Waals surface area contributed by atoms with Gasteiger partial charge in [0, 0.05) is 0 Å². The van der Waals surface area contributed by atoms with E-state index in [9.17, 15) is 0 Å². The predicted molar refractivity (Wildman–Crippen MR) is 47.8 cm³/mol. The van der Waals surface area contributed by atoms with Crippen molar-refractivity contribution in [2.24, 2.45) is 0 Å². The van der Waals surface area contributed by atoms with Gasteiger partial charge < -0.3 is 17.7 Å². The molecule has 4 aromatic heterocycles. The van der Waals surface area contributed by atoms with Crippen LogP contribution in [0.3, 0.4) is 0 Å². The van der Waals surface area contributed by atoms with E-state index >= 15 is 0 Å². The van der Waals surface area contributed by atoms with Crippen LogP contribution in [0, 0.1) is 0 Å². The third-order valence-corrected chi connectivity index (χ3v) is 3.05. The monoisotopic (exact) mass is 184 g/mol. The largest absolute Gasteiger partial charge is 0.444 e. The van der Waals surface area contributed by atoms with E-state index in [1.807, 2.05) is 0 Å². The van der Waals surface area contributed by atoms with Crippen LogP contribution in [0.4, 0.5) is 0 Å². The zero-order valence-corrected chi connectivity index (χ0v) is 6.63. The molecule has 0 aliphatic carbocycles. The smallest absolute Gasteiger partial charge is 0.217 e. The van der Waals surface area contributed by atoms with Gasteiger partial charge in [-0.2, -0.15) is 0 Å². The molecule has 0 unspecified atom stereocenters. The highest BCUT2D eigenvalue weighted by atomic mass is 16.4. The van der Waals surface area contributed by atoms with Crippen LogP contribution in [0.5, 0.6) is 0 Å². The van der Waals surface area contributed by atoms with Crippen molar-refractivity contribution in [3.63, 3.8) is 0 Å². The van der Waals surface area contributed by atoms with E-state index in [0.717, 1.165) is 55.4 Å². The lowest BCUT2D eigenvalue weighted by Gasteiger charge is -1.76. The van der Waals surface area contributed by atoms with Crippen molar-refractivity contribution in [1.82, 2.24) is 0 Å². The molecule has 0 atom stereocenters. The Morgan fingerprint density at radius 1 is 0.357 bits per heavy atom. The average molecular weight is 184 g/mol. The van der Waals surface area contributed by atoms with E-state index in [1.165, 1.54) is 0 Å². The van der Waals surface area contributed by atoms with Crippen LogP contribution in [0.2, 0.25) is 0 Å². The quantitative estimate of drug-likeness (QED) is 0.362. The van der Waals surface area contributed by atoms with Crippen molar-refractivity contribution in [3.05, 3.63) is 0 Å². The van der Waals surface area contributed by atoms with E-state index in [2.05, 4.69) is 0 Å². The topological polar surface area (TPSA) is 52.6 Å². The van der Waals surface area contributed by atoms with Crippen LogP contribution in [0.25, 0.3) is 55.4 Å². The first kappa shape index (κ1) is 4.95. The summed E-state index contributed by atoms with van der Waals surface area (Å²) in [5, 5.41) is 2.06. The lowest BCUT2D eigenvalue weighted by Crippen LogP contribution is -1.60. The molecule has 0 bridgehead atoms. The van der Waals surface area contributed by atoms with Gasteiger partial charge in [0.15, 0.2) is 22.3 Å². The van der Waals surface area contributed by atoms with Crippen molar-refractivity contribution < 1.29 is 17.7 Å². The molecule has 4 heteroatoms. The minimum atomic E-state index is 0.880. The van der Waals surface area contributed by atoms with Gasteiger partial charge in [-0.05, 0) is 0 Å². The van der Waals surface area contributed by atoms with Gasteiger partial charge in [0.05, 0.1) is 10.8 Å². The molecule has 0 aliphatic heterocycles. The SMILES string of the molecule is o1c2c3oc3c3c4oc4c4oc4c3c12. The molecule has 14 heavy (non-hydrogen) atoms. The van der Waals surface area contributed by atoms with Crippen molar-refractivity contribution in [3.8, 4) is 0 Å². The van der Waals surface area contributed by atoms with E-state index in [-0.39, 0.29) is 0 Å². The summed E-state index contributed by atoms with van der Waals surface area (Å²) < 4.78 is 21.5. The summed E-state index contributed by atoms with van der Waals surface area (Å²) in [4.78, 5) is 0. The second-order valence-corrected chi connectivity index (χ2v) is 3.79. The van der Waals surface area contributed by atoms with Gasteiger partial charge >= 0.3 is 0 Å². The minimum absolute atomic E-state index is 0.880. The van der Waals surface area contributed by atoms with Gasteiger partial charge in [0.1, 0.15) is 0 Å². The Balaban J connectivity index is 2.28. The fraction of sp³-hybridized carbons (Fsp3) is 0. The molecular weight excluding hydrogens is 184 g/mol. The zero-order chi connectivity index (χ0) is 8.60. The standard InChI is InChI=1S/C10O4/c11-3-1-2(5-9(13-5)7(3)11)6-10(14-6)8-4(1)12-8. The first-order valence-electron chi connectivity index (χ1n) is 4.38. The number of hydrogen-bond acceptors (Lipinski definition) is 4. The zero-order valence-electron chi connectivity index (χ0n) is 6.63. The summed E-state index contributed by atoms with van der Waals surface area (Å²) in [6.45, 7) is 0. The fourth-order valence-electron chi connectivity index (χ4n) is 2.22. The van der Waals surface area contributed by atoms with Crippen LogP contribution in [0.15, 0.2) is 17.7 Å². The van der Waals surface area contributed by atoms with Crippen molar-refractivity contribution >= 4 is 55.4 Å². The molecule has 4 heterocycles. The third-order valence-electron chi connectivity index (χ3n) is 3.05. The third kappa shape index (κ3) is 0.315. The van der Waals surface area contributed by atoms with Crippen LogP contribution in [-0.4, -0.2) is 0 Å². The highest BCUT2D eigenvalue weighted by molar-refractivity contribution is 6.39. The second-order valence-electron chi connectivity index (χ2n) is 3.79. The Bertz CT molecular complexity index is 839. The van der Waals surface area contributed by atoms with Crippen molar-refractivity contribution in [1.29, 1.82) is 0 Å². The average Bonchev–Trinajstić information content (AvgIpc) is 3.01. The number of fused-ring (bicyclic) bond motifs is 11. The summed E-state index contributed by atoms with van der Waals surface area (Å²) in [7, 11) is 0. The molecule has 0 aliphatic rings. The number of hydrogen-bond donors (Lipinski definition) is 0. The van der Waals surface area contributed by atoms with Gasteiger partial charge in [-0.15, -0.1) is 0 Å². The lowest BCUT2D eigenvalue weighted by molar-refractivity contribution is 0.727. The van der Waals surface area contributed by atoms with Crippen molar-refractivity contribution in [2.75, 3.05) is 0 Å². The first-order chi connectivity index (χ1) is 6.93. The summed E-state index contributed by atoms with van der Waals surface area (Å²) in [5.74, 6) is 0. The number of benzene rings is 2. The minimum Gasteiger partial charge on any atom is -0.444 e. The first-order valence-corrected chi connectivity index (χ1v) is 4.38. The van der Waals surface area contributed by atoms with Crippen LogP contribution in [-0.2, 0) is 0 Å². The van der Waals surface area contributed by atoms with Crippen LogP contribution < -0.4 is 0 Å². The Kier molecular flexibility index (Phi) is 0.371. The van der Waals surface area contributed by atoms with Crippen molar-refractivity contribution in [2.45, 2.75) is 0 Å². The van der Waals surface area contributed by atoms with Gasteiger partial charge in [-0.3, -0.25) is 0 Å². The molecule has 4 nitrogen and oxygen atoms in total. The Morgan fingerprint density at radius 3 is 0.929 bits per heavy atom. The molecule has 6 rings (SSSR count). The molecule has 6 aromatic rings.